The average molecular weight is 313 g/mol. The number of rotatable bonds is 5. The predicted octanol–water partition coefficient (Wildman–Crippen LogP) is 3.08. The van der Waals surface area contributed by atoms with Crippen LogP contribution in [0, 0.1) is 5.82 Å². The minimum atomic E-state index is -0.275. The van der Waals surface area contributed by atoms with Crippen LogP contribution in [0.2, 0.25) is 0 Å². The molecule has 1 aromatic heterocycles. The molecule has 0 saturated carbocycles. The summed E-state index contributed by atoms with van der Waals surface area (Å²) in [5.74, 6) is 0.286. The smallest absolute Gasteiger partial charge is 0.127 e. The van der Waals surface area contributed by atoms with Gasteiger partial charge in [0, 0.05) is 36.8 Å². The first-order valence-electron chi connectivity index (χ1n) is 5.64. The van der Waals surface area contributed by atoms with Gasteiger partial charge < -0.3 is 4.74 Å². The highest BCUT2D eigenvalue weighted by Crippen LogP contribution is 2.18. The van der Waals surface area contributed by atoms with Crippen LogP contribution in [0.4, 0.5) is 4.39 Å². The highest BCUT2D eigenvalue weighted by molar-refractivity contribution is 9.08. The molecule has 0 radical (unpaired) electrons. The number of hydrogen-bond acceptors (Lipinski definition) is 2. The molecule has 0 fully saturated rings. The maximum Gasteiger partial charge on any atom is 0.127 e. The zero-order valence-electron chi connectivity index (χ0n) is 10.1. The van der Waals surface area contributed by atoms with Gasteiger partial charge in [-0.25, -0.2) is 4.39 Å². The van der Waals surface area contributed by atoms with Crippen molar-refractivity contribution in [3.8, 4) is 5.75 Å². The molecule has 3 nitrogen and oxygen atoms in total. The Hall–Kier alpha value is -1.36. The Morgan fingerprint density at radius 2 is 2.22 bits per heavy atom. The minimum absolute atomic E-state index is 0.275. The normalized spacial score (nSPS) is 10.6. The van der Waals surface area contributed by atoms with Crippen LogP contribution in [-0.4, -0.2) is 16.4 Å². The van der Waals surface area contributed by atoms with E-state index in [1.807, 2.05) is 19.2 Å². The molecule has 0 spiro atoms. The summed E-state index contributed by atoms with van der Waals surface area (Å²) in [4.78, 5) is 0. The SMILES string of the molecule is Cn1nccc1CCOc1cc(F)cc(CBr)c1. The van der Waals surface area contributed by atoms with Crippen LogP contribution in [0.25, 0.3) is 0 Å². The average Bonchev–Trinajstić information content (AvgIpc) is 2.74. The van der Waals surface area contributed by atoms with Gasteiger partial charge in [-0.1, -0.05) is 15.9 Å². The van der Waals surface area contributed by atoms with Crippen LogP contribution in [-0.2, 0) is 18.8 Å². The summed E-state index contributed by atoms with van der Waals surface area (Å²) < 4.78 is 20.6. The molecule has 0 N–H and O–H groups in total. The molecule has 0 saturated heterocycles. The van der Waals surface area contributed by atoms with Crippen LogP contribution in [0.3, 0.4) is 0 Å². The Balaban J connectivity index is 1.94. The fourth-order valence-corrected chi connectivity index (χ4v) is 2.02. The second-order valence-corrected chi connectivity index (χ2v) is 4.53. The lowest BCUT2D eigenvalue weighted by atomic mass is 10.2. The third-order valence-electron chi connectivity index (χ3n) is 2.63. The van der Waals surface area contributed by atoms with Crippen LogP contribution in [0.15, 0.2) is 30.5 Å². The fraction of sp³-hybridized carbons (Fsp3) is 0.308. The van der Waals surface area contributed by atoms with Crippen molar-refractivity contribution in [3.05, 3.63) is 47.5 Å². The summed E-state index contributed by atoms with van der Waals surface area (Å²) in [6, 6.07) is 6.66. The quantitative estimate of drug-likeness (QED) is 0.793. The van der Waals surface area contributed by atoms with Gasteiger partial charge in [0.25, 0.3) is 0 Å². The summed E-state index contributed by atoms with van der Waals surface area (Å²) in [6.45, 7) is 0.505. The maximum absolute atomic E-state index is 13.3. The van der Waals surface area contributed by atoms with Gasteiger partial charge in [0.15, 0.2) is 0 Å². The topological polar surface area (TPSA) is 27.1 Å². The van der Waals surface area contributed by atoms with Gasteiger partial charge in [0.05, 0.1) is 6.61 Å². The molecule has 0 bridgehead atoms. The Bertz CT molecular complexity index is 527. The van der Waals surface area contributed by atoms with Crippen molar-refractivity contribution in [2.75, 3.05) is 6.61 Å². The second kappa shape index (κ2) is 6.00. The van der Waals surface area contributed by atoms with E-state index in [-0.39, 0.29) is 5.82 Å². The zero-order chi connectivity index (χ0) is 13.0. The third kappa shape index (κ3) is 3.32. The first-order chi connectivity index (χ1) is 8.69. The highest BCUT2D eigenvalue weighted by Gasteiger charge is 2.03. The van der Waals surface area contributed by atoms with Gasteiger partial charge in [-0.15, -0.1) is 0 Å². The number of alkyl halides is 1. The first kappa shape index (κ1) is 13.1. The number of ether oxygens (including phenoxy) is 1. The number of hydrogen-bond donors (Lipinski definition) is 0. The molecular formula is C13H14BrFN2O. The lowest BCUT2D eigenvalue weighted by Gasteiger charge is -2.08. The molecule has 1 heterocycles. The Morgan fingerprint density at radius 1 is 1.39 bits per heavy atom. The van der Waals surface area contributed by atoms with Crippen molar-refractivity contribution in [1.29, 1.82) is 0 Å². The van der Waals surface area contributed by atoms with E-state index < -0.39 is 0 Å². The highest BCUT2D eigenvalue weighted by atomic mass is 79.9. The molecule has 18 heavy (non-hydrogen) atoms. The second-order valence-electron chi connectivity index (χ2n) is 3.97. The lowest BCUT2D eigenvalue weighted by Crippen LogP contribution is -2.06. The number of nitrogens with zero attached hydrogens (tertiary/aromatic N) is 2. The molecule has 0 atom stereocenters. The van der Waals surface area contributed by atoms with E-state index in [9.17, 15) is 4.39 Å². The standard InChI is InChI=1S/C13H14BrFN2O/c1-17-12(2-4-16-17)3-5-18-13-7-10(9-14)6-11(15)8-13/h2,4,6-8H,3,5,9H2,1H3. The van der Waals surface area contributed by atoms with E-state index >= 15 is 0 Å². The molecule has 2 aromatic rings. The van der Waals surface area contributed by atoms with Crippen molar-refractivity contribution in [2.24, 2.45) is 7.05 Å². The van der Waals surface area contributed by atoms with E-state index in [1.54, 1.807) is 10.9 Å². The number of benzene rings is 1. The molecule has 5 heteroatoms. The Morgan fingerprint density at radius 3 is 2.89 bits per heavy atom. The van der Waals surface area contributed by atoms with E-state index in [4.69, 9.17) is 4.74 Å². The van der Waals surface area contributed by atoms with Gasteiger partial charge in [-0.3, -0.25) is 4.68 Å². The van der Waals surface area contributed by atoms with E-state index in [0.717, 1.165) is 17.7 Å². The molecule has 0 unspecified atom stereocenters. The number of aromatic nitrogens is 2. The summed E-state index contributed by atoms with van der Waals surface area (Å²) >= 11 is 3.30. The molecule has 0 amide bonds. The zero-order valence-corrected chi connectivity index (χ0v) is 11.7. The number of halogens is 2. The molecule has 0 aliphatic carbocycles. The van der Waals surface area contributed by atoms with Gasteiger partial charge in [-0.05, 0) is 23.8 Å². The molecule has 0 aliphatic heterocycles. The Kier molecular flexibility index (Phi) is 4.36. The van der Waals surface area contributed by atoms with Gasteiger partial charge in [-0.2, -0.15) is 5.10 Å². The summed E-state index contributed by atoms with van der Waals surface area (Å²) in [5, 5.41) is 4.69. The molecule has 0 aliphatic rings. The van der Waals surface area contributed by atoms with E-state index in [2.05, 4.69) is 21.0 Å². The van der Waals surface area contributed by atoms with E-state index in [1.165, 1.54) is 12.1 Å². The van der Waals surface area contributed by atoms with Gasteiger partial charge >= 0.3 is 0 Å². The first-order valence-corrected chi connectivity index (χ1v) is 6.76. The maximum atomic E-state index is 13.3. The predicted molar refractivity (Wildman–Crippen MR) is 71.4 cm³/mol. The van der Waals surface area contributed by atoms with Crippen molar-refractivity contribution >= 4 is 15.9 Å². The summed E-state index contributed by atoms with van der Waals surface area (Å²) in [7, 11) is 1.89. The van der Waals surface area contributed by atoms with Gasteiger partial charge in [0.1, 0.15) is 11.6 Å². The minimum Gasteiger partial charge on any atom is -0.493 e. The van der Waals surface area contributed by atoms with Crippen LogP contribution in [0.5, 0.6) is 5.75 Å². The molecule has 2 rings (SSSR count). The van der Waals surface area contributed by atoms with Crippen molar-refractivity contribution in [2.45, 2.75) is 11.8 Å². The fourth-order valence-electron chi connectivity index (χ4n) is 1.70. The monoisotopic (exact) mass is 312 g/mol. The third-order valence-corrected chi connectivity index (χ3v) is 3.28. The van der Waals surface area contributed by atoms with Crippen molar-refractivity contribution in [1.82, 2.24) is 9.78 Å². The van der Waals surface area contributed by atoms with Crippen molar-refractivity contribution < 1.29 is 9.13 Å². The lowest BCUT2D eigenvalue weighted by molar-refractivity contribution is 0.316. The van der Waals surface area contributed by atoms with Crippen LogP contribution in [0.1, 0.15) is 11.3 Å². The molecule has 96 valence electrons. The van der Waals surface area contributed by atoms with Crippen LogP contribution < -0.4 is 4.74 Å². The van der Waals surface area contributed by atoms with Crippen LogP contribution >= 0.6 is 15.9 Å². The van der Waals surface area contributed by atoms with Crippen molar-refractivity contribution in [3.63, 3.8) is 0 Å². The van der Waals surface area contributed by atoms with Gasteiger partial charge in [0.2, 0.25) is 0 Å². The Labute approximate surface area is 114 Å². The molecule has 1 aromatic carbocycles. The number of aryl methyl sites for hydroxylation is 1. The van der Waals surface area contributed by atoms with E-state index in [0.29, 0.717) is 17.7 Å². The summed E-state index contributed by atoms with van der Waals surface area (Å²) in [5.41, 5.74) is 1.96. The largest absolute Gasteiger partial charge is 0.493 e. The summed E-state index contributed by atoms with van der Waals surface area (Å²) in [6.07, 6.45) is 2.50. The molecular weight excluding hydrogens is 299 g/mol.